The summed E-state index contributed by atoms with van der Waals surface area (Å²) in [6.45, 7) is 0.465. The van der Waals surface area contributed by atoms with Crippen molar-refractivity contribution in [2.24, 2.45) is 5.92 Å². The van der Waals surface area contributed by atoms with Gasteiger partial charge in [-0.15, -0.1) is 0 Å². The van der Waals surface area contributed by atoms with Crippen LogP contribution in [0.5, 0.6) is 0 Å². The predicted octanol–water partition coefficient (Wildman–Crippen LogP) is 2.75. The number of carbonyl (C=O) groups is 3. The van der Waals surface area contributed by atoms with Gasteiger partial charge in [-0.25, -0.2) is 4.79 Å². The van der Waals surface area contributed by atoms with Crippen LogP contribution in [0.25, 0.3) is 0 Å². The van der Waals surface area contributed by atoms with Gasteiger partial charge in [0.2, 0.25) is 5.91 Å². The van der Waals surface area contributed by atoms with Gasteiger partial charge < -0.3 is 15.4 Å². The number of nitrogens with one attached hydrogen (secondary N) is 2. The van der Waals surface area contributed by atoms with E-state index in [1.54, 1.807) is 36.4 Å². The van der Waals surface area contributed by atoms with Crippen molar-refractivity contribution >= 4 is 23.5 Å². The molecular formula is C20H20N2O4. The van der Waals surface area contributed by atoms with Gasteiger partial charge in [0.25, 0.3) is 5.91 Å². The Kier molecular flexibility index (Phi) is 5.31. The first-order valence-electron chi connectivity index (χ1n) is 8.43. The molecule has 1 aliphatic rings. The summed E-state index contributed by atoms with van der Waals surface area (Å²) in [4.78, 5) is 35.3. The Morgan fingerprint density at radius 1 is 0.962 bits per heavy atom. The van der Waals surface area contributed by atoms with Crippen LogP contribution in [0.2, 0.25) is 0 Å². The fourth-order valence-corrected chi connectivity index (χ4v) is 2.46. The van der Waals surface area contributed by atoms with Crippen LogP contribution in [-0.2, 0) is 16.1 Å². The van der Waals surface area contributed by atoms with Crippen LogP contribution >= 0.6 is 0 Å². The Morgan fingerprint density at radius 3 is 2.15 bits per heavy atom. The molecule has 2 aromatic rings. The van der Waals surface area contributed by atoms with Gasteiger partial charge in [0.15, 0.2) is 0 Å². The molecule has 0 heterocycles. The van der Waals surface area contributed by atoms with Crippen LogP contribution in [-0.4, -0.2) is 24.9 Å². The highest BCUT2D eigenvalue weighted by molar-refractivity contribution is 6.04. The lowest BCUT2D eigenvalue weighted by atomic mass is 10.1. The number of ether oxygens (including phenoxy) is 1. The second kappa shape index (κ2) is 7.82. The number of hydrogen-bond donors (Lipinski definition) is 2. The lowest BCUT2D eigenvalue weighted by molar-refractivity contribution is -0.122. The topological polar surface area (TPSA) is 84.5 Å². The van der Waals surface area contributed by atoms with Crippen molar-refractivity contribution in [3.05, 3.63) is 65.2 Å². The van der Waals surface area contributed by atoms with E-state index in [4.69, 9.17) is 0 Å². The maximum absolute atomic E-state index is 12.3. The molecule has 2 aromatic carbocycles. The van der Waals surface area contributed by atoms with E-state index in [0.717, 1.165) is 18.4 Å². The number of rotatable bonds is 6. The average Bonchev–Trinajstić information content (AvgIpc) is 3.52. The first-order valence-corrected chi connectivity index (χ1v) is 8.43. The largest absolute Gasteiger partial charge is 0.465 e. The van der Waals surface area contributed by atoms with Crippen LogP contribution in [0.4, 0.5) is 5.69 Å². The van der Waals surface area contributed by atoms with Crippen LogP contribution in [0.3, 0.4) is 0 Å². The summed E-state index contributed by atoms with van der Waals surface area (Å²) in [6.07, 6.45) is 1.96. The number of methoxy groups -OCH3 is 1. The average molecular weight is 352 g/mol. The standard InChI is InChI=1S/C20H20N2O4/c1-26-20(25)16-8-10-17(11-9-16)22-19(24)15-4-2-13(3-5-15)12-21-18(23)14-6-7-14/h2-5,8-11,14H,6-7,12H2,1H3,(H,21,23)(H,22,24). The third kappa shape index (κ3) is 4.47. The quantitative estimate of drug-likeness (QED) is 0.783. The fraction of sp³-hybridized carbons (Fsp3) is 0.250. The molecule has 3 rings (SSSR count). The summed E-state index contributed by atoms with van der Waals surface area (Å²) in [5.41, 5.74) is 2.46. The molecule has 0 unspecified atom stereocenters. The smallest absolute Gasteiger partial charge is 0.337 e. The van der Waals surface area contributed by atoms with Gasteiger partial charge in [0.1, 0.15) is 0 Å². The van der Waals surface area contributed by atoms with Crippen molar-refractivity contribution in [2.45, 2.75) is 19.4 Å². The van der Waals surface area contributed by atoms with E-state index >= 15 is 0 Å². The molecule has 0 saturated heterocycles. The van der Waals surface area contributed by atoms with Gasteiger partial charge in [-0.05, 0) is 54.8 Å². The minimum atomic E-state index is -0.424. The Morgan fingerprint density at radius 2 is 1.58 bits per heavy atom. The van der Waals surface area contributed by atoms with Gasteiger partial charge in [-0.1, -0.05) is 12.1 Å². The monoisotopic (exact) mass is 352 g/mol. The summed E-state index contributed by atoms with van der Waals surface area (Å²) >= 11 is 0. The molecule has 1 aliphatic carbocycles. The summed E-state index contributed by atoms with van der Waals surface area (Å²) in [7, 11) is 1.32. The SMILES string of the molecule is COC(=O)c1ccc(NC(=O)c2ccc(CNC(=O)C3CC3)cc2)cc1. The first kappa shape index (κ1) is 17.7. The van der Waals surface area contributed by atoms with Gasteiger partial charge >= 0.3 is 5.97 Å². The molecule has 0 aromatic heterocycles. The van der Waals surface area contributed by atoms with E-state index in [1.165, 1.54) is 7.11 Å². The lowest BCUT2D eigenvalue weighted by Gasteiger charge is -2.08. The lowest BCUT2D eigenvalue weighted by Crippen LogP contribution is -2.24. The number of hydrogen-bond acceptors (Lipinski definition) is 4. The number of esters is 1. The molecular weight excluding hydrogens is 332 g/mol. The Hall–Kier alpha value is -3.15. The third-order valence-electron chi connectivity index (χ3n) is 4.19. The maximum atomic E-state index is 12.3. The molecule has 26 heavy (non-hydrogen) atoms. The van der Waals surface area contributed by atoms with E-state index < -0.39 is 5.97 Å². The summed E-state index contributed by atoms with van der Waals surface area (Å²) in [5.74, 6) is -0.385. The second-order valence-electron chi connectivity index (χ2n) is 6.21. The van der Waals surface area contributed by atoms with Crippen molar-refractivity contribution < 1.29 is 19.1 Å². The molecule has 1 fully saturated rings. The van der Waals surface area contributed by atoms with E-state index in [-0.39, 0.29) is 17.7 Å². The van der Waals surface area contributed by atoms with Crippen LogP contribution in [0.15, 0.2) is 48.5 Å². The van der Waals surface area contributed by atoms with Crippen molar-refractivity contribution in [1.29, 1.82) is 0 Å². The van der Waals surface area contributed by atoms with Crippen molar-refractivity contribution in [3.8, 4) is 0 Å². The molecule has 0 spiro atoms. The number of benzene rings is 2. The molecule has 1 saturated carbocycles. The zero-order valence-corrected chi connectivity index (χ0v) is 14.5. The number of amides is 2. The highest BCUT2D eigenvalue weighted by Gasteiger charge is 2.29. The van der Waals surface area contributed by atoms with Crippen molar-refractivity contribution in [1.82, 2.24) is 5.32 Å². The van der Waals surface area contributed by atoms with E-state index in [0.29, 0.717) is 23.4 Å². The molecule has 0 atom stereocenters. The normalized spacial score (nSPS) is 13.0. The molecule has 2 amide bonds. The molecule has 2 N–H and O–H groups in total. The van der Waals surface area contributed by atoms with E-state index in [1.807, 2.05) is 12.1 Å². The van der Waals surface area contributed by atoms with Crippen LogP contribution < -0.4 is 10.6 Å². The zero-order chi connectivity index (χ0) is 18.5. The second-order valence-corrected chi connectivity index (χ2v) is 6.21. The zero-order valence-electron chi connectivity index (χ0n) is 14.5. The summed E-state index contributed by atoms with van der Waals surface area (Å²) < 4.78 is 4.64. The van der Waals surface area contributed by atoms with Gasteiger partial charge in [-0.2, -0.15) is 0 Å². The molecule has 0 radical (unpaired) electrons. The minimum Gasteiger partial charge on any atom is -0.465 e. The van der Waals surface area contributed by atoms with E-state index in [2.05, 4.69) is 15.4 Å². The molecule has 134 valence electrons. The number of carbonyl (C=O) groups excluding carboxylic acids is 3. The van der Waals surface area contributed by atoms with Crippen molar-refractivity contribution in [3.63, 3.8) is 0 Å². The Bertz CT molecular complexity index is 809. The van der Waals surface area contributed by atoms with Gasteiger partial charge in [-0.3, -0.25) is 9.59 Å². The highest BCUT2D eigenvalue weighted by Crippen LogP contribution is 2.28. The number of anilines is 1. The van der Waals surface area contributed by atoms with E-state index in [9.17, 15) is 14.4 Å². The highest BCUT2D eigenvalue weighted by atomic mass is 16.5. The van der Waals surface area contributed by atoms with Crippen molar-refractivity contribution in [2.75, 3.05) is 12.4 Å². The maximum Gasteiger partial charge on any atom is 0.337 e. The van der Waals surface area contributed by atoms with Crippen LogP contribution in [0.1, 0.15) is 39.1 Å². The fourth-order valence-electron chi connectivity index (χ4n) is 2.46. The van der Waals surface area contributed by atoms with Gasteiger partial charge in [0.05, 0.1) is 12.7 Å². The summed E-state index contributed by atoms with van der Waals surface area (Å²) in [5, 5.41) is 5.67. The molecule has 6 heteroatoms. The first-order chi connectivity index (χ1) is 12.6. The molecule has 0 aliphatic heterocycles. The predicted molar refractivity (Wildman–Crippen MR) is 96.7 cm³/mol. The minimum absolute atomic E-state index is 0.0993. The van der Waals surface area contributed by atoms with Crippen LogP contribution in [0, 0.1) is 5.92 Å². The summed E-state index contributed by atoms with van der Waals surface area (Å²) in [6, 6.07) is 13.6. The molecule has 6 nitrogen and oxygen atoms in total. The Labute approximate surface area is 151 Å². The Balaban J connectivity index is 1.55. The third-order valence-corrected chi connectivity index (χ3v) is 4.19. The molecule has 0 bridgehead atoms. The van der Waals surface area contributed by atoms with Gasteiger partial charge in [0, 0.05) is 23.7 Å².